The fourth-order valence-corrected chi connectivity index (χ4v) is 2.13. The highest BCUT2D eigenvalue weighted by molar-refractivity contribution is 5.18. The Bertz CT molecular complexity index is 237. The smallest absolute Gasteiger partial charge is 0.0188 e. The molecule has 0 saturated carbocycles. The quantitative estimate of drug-likeness (QED) is 0.635. The second-order valence-electron chi connectivity index (χ2n) is 4.44. The Morgan fingerprint density at radius 2 is 1.71 bits per heavy atom. The van der Waals surface area contributed by atoms with Gasteiger partial charge in [0.05, 0.1) is 0 Å². The number of rotatable bonds is 5. The van der Waals surface area contributed by atoms with Crippen molar-refractivity contribution < 1.29 is 0 Å². The summed E-state index contributed by atoms with van der Waals surface area (Å²) in [5.41, 5.74) is 1.48. The first-order valence-corrected chi connectivity index (χ1v) is 5.79. The van der Waals surface area contributed by atoms with Crippen LogP contribution in [-0.4, -0.2) is 0 Å². The van der Waals surface area contributed by atoms with Gasteiger partial charge in [0.25, 0.3) is 0 Å². The average Bonchev–Trinajstić information content (AvgIpc) is 2.19. The van der Waals surface area contributed by atoms with Crippen molar-refractivity contribution >= 4 is 0 Å². The molecule has 0 heterocycles. The van der Waals surface area contributed by atoms with E-state index in [9.17, 15) is 0 Å². The molecule has 0 aliphatic carbocycles. The summed E-state index contributed by atoms with van der Waals surface area (Å²) in [7, 11) is 0. The molecule has 78 valence electrons. The zero-order chi connectivity index (χ0) is 10.4. The third-order valence-corrected chi connectivity index (χ3v) is 2.91. The molecule has 2 unspecified atom stereocenters. The molecule has 1 aromatic rings. The number of benzene rings is 1. The van der Waals surface area contributed by atoms with Crippen molar-refractivity contribution in [2.24, 2.45) is 5.92 Å². The summed E-state index contributed by atoms with van der Waals surface area (Å²) in [6, 6.07) is 10.8. The highest BCUT2D eigenvalue weighted by Crippen LogP contribution is 2.24. The van der Waals surface area contributed by atoms with E-state index in [2.05, 4.69) is 51.1 Å². The maximum absolute atomic E-state index is 2.36. The topological polar surface area (TPSA) is 0 Å². The van der Waals surface area contributed by atoms with Crippen molar-refractivity contribution in [3.8, 4) is 0 Å². The molecule has 0 bridgehead atoms. The van der Waals surface area contributed by atoms with Crippen LogP contribution in [0, 0.1) is 5.92 Å². The molecular formula is C14H22. The first-order chi connectivity index (χ1) is 6.74. The molecule has 1 rings (SSSR count). The predicted molar refractivity (Wildman–Crippen MR) is 63.5 cm³/mol. The van der Waals surface area contributed by atoms with E-state index in [-0.39, 0.29) is 0 Å². The summed E-state index contributed by atoms with van der Waals surface area (Å²) in [5, 5.41) is 0. The van der Waals surface area contributed by atoms with E-state index in [1.807, 2.05) is 0 Å². The first-order valence-electron chi connectivity index (χ1n) is 5.79. The summed E-state index contributed by atoms with van der Waals surface area (Å²) >= 11 is 0. The molecule has 0 aliphatic heterocycles. The van der Waals surface area contributed by atoms with E-state index < -0.39 is 0 Å². The Labute approximate surface area is 88.4 Å². The predicted octanol–water partition coefficient (Wildman–Crippen LogP) is 4.62. The molecule has 0 N–H and O–H groups in total. The van der Waals surface area contributed by atoms with Gasteiger partial charge in [0.2, 0.25) is 0 Å². The van der Waals surface area contributed by atoms with Crippen molar-refractivity contribution in [2.45, 2.75) is 46.0 Å². The minimum Gasteiger partial charge on any atom is -0.0654 e. The van der Waals surface area contributed by atoms with Gasteiger partial charge in [0.1, 0.15) is 0 Å². The Morgan fingerprint density at radius 3 is 2.29 bits per heavy atom. The third kappa shape index (κ3) is 3.53. The standard InChI is InChI=1S/C14H22/c1-4-8-12(2)11-13(3)14-9-6-5-7-10-14/h5-7,9-10,12-13H,4,8,11H2,1-3H3. The maximum Gasteiger partial charge on any atom is -0.0188 e. The van der Waals surface area contributed by atoms with Crippen molar-refractivity contribution in [2.75, 3.05) is 0 Å². The van der Waals surface area contributed by atoms with Crippen molar-refractivity contribution in [3.63, 3.8) is 0 Å². The highest BCUT2D eigenvalue weighted by Gasteiger charge is 2.09. The monoisotopic (exact) mass is 190 g/mol. The van der Waals surface area contributed by atoms with Crippen LogP contribution in [0.2, 0.25) is 0 Å². The molecule has 0 saturated heterocycles. The van der Waals surface area contributed by atoms with Gasteiger partial charge in [-0.3, -0.25) is 0 Å². The molecule has 0 radical (unpaired) electrons. The number of hydrogen-bond donors (Lipinski definition) is 0. The summed E-state index contributed by atoms with van der Waals surface area (Å²) in [6.07, 6.45) is 3.98. The van der Waals surface area contributed by atoms with E-state index >= 15 is 0 Å². The Hall–Kier alpha value is -0.780. The van der Waals surface area contributed by atoms with Crippen molar-refractivity contribution in [1.82, 2.24) is 0 Å². The fraction of sp³-hybridized carbons (Fsp3) is 0.571. The zero-order valence-electron chi connectivity index (χ0n) is 9.66. The third-order valence-electron chi connectivity index (χ3n) is 2.91. The fourth-order valence-electron chi connectivity index (χ4n) is 2.13. The highest BCUT2D eigenvalue weighted by atomic mass is 14.1. The van der Waals surface area contributed by atoms with Gasteiger partial charge in [-0.05, 0) is 23.8 Å². The van der Waals surface area contributed by atoms with Gasteiger partial charge >= 0.3 is 0 Å². The zero-order valence-corrected chi connectivity index (χ0v) is 9.66. The van der Waals surface area contributed by atoms with Crippen molar-refractivity contribution in [1.29, 1.82) is 0 Å². The minimum atomic E-state index is 0.706. The van der Waals surface area contributed by atoms with E-state index in [1.54, 1.807) is 0 Å². The van der Waals surface area contributed by atoms with Crippen LogP contribution in [-0.2, 0) is 0 Å². The average molecular weight is 190 g/mol. The lowest BCUT2D eigenvalue weighted by molar-refractivity contribution is 0.449. The largest absolute Gasteiger partial charge is 0.0654 e. The van der Waals surface area contributed by atoms with E-state index in [4.69, 9.17) is 0 Å². The molecule has 0 heteroatoms. The molecule has 0 fully saturated rings. The van der Waals surface area contributed by atoms with Crippen LogP contribution in [0.1, 0.15) is 51.5 Å². The molecule has 0 aliphatic rings. The van der Waals surface area contributed by atoms with Gasteiger partial charge < -0.3 is 0 Å². The lowest BCUT2D eigenvalue weighted by atomic mass is 9.89. The molecule has 1 aromatic carbocycles. The van der Waals surface area contributed by atoms with Gasteiger partial charge in [-0.15, -0.1) is 0 Å². The van der Waals surface area contributed by atoms with E-state index in [0.29, 0.717) is 5.92 Å². The summed E-state index contributed by atoms with van der Waals surface area (Å²) in [5.74, 6) is 1.56. The summed E-state index contributed by atoms with van der Waals surface area (Å²) in [4.78, 5) is 0. The second-order valence-corrected chi connectivity index (χ2v) is 4.44. The lowest BCUT2D eigenvalue weighted by Gasteiger charge is -2.16. The summed E-state index contributed by atoms with van der Waals surface area (Å²) in [6.45, 7) is 6.97. The van der Waals surface area contributed by atoms with Crippen LogP contribution in [0.5, 0.6) is 0 Å². The van der Waals surface area contributed by atoms with Gasteiger partial charge in [-0.2, -0.15) is 0 Å². The molecule has 14 heavy (non-hydrogen) atoms. The first kappa shape index (κ1) is 11.3. The molecule has 0 spiro atoms. The summed E-state index contributed by atoms with van der Waals surface area (Å²) < 4.78 is 0. The van der Waals surface area contributed by atoms with Crippen LogP contribution in [0.3, 0.4) is 0 Å². The van der Waals surface area contributed by atoms with Crippen LogP contribution < -0.4 is 0 Å². The van der Waals surface area contributed by atoms with E-state index in [1.165, 1.54) is 24.8 Å². The Morgan fingerprint density at radius 1 is 1.07 bits per heavy atom. The van der Waals surface area contributed by atoms with Gasteiger partial charge in [-0.1, -0.05) is 63.9 Å². The van der Waals surface area contributed by atoms with Gasteiger partial charge in [0.15, 0.2) is 0 Å². The SMILES string of the molecule is CCCC(C)CC(C)c1ccccc1. The molecular weight excluding hydrogens is 168 g/mol. The molecule has 0 amide bonds. The Balaban J connectivity index is 2.46. The maximum atomic E-state index is 2.36. The van der Waals surface area contributed by atoms with E-state index in [0.717, 1.165) is 5.92 Å². The van der Waals surface area contributed by atoms with Gasteiger partial charge in [0, 0.05) is 0 Å². The molecule has 0 aromatic heterocycles. The minimum absolute atomic E-state index is 0.706. The molecule has 0 nitrogen and oxygen atoms in total. The van der Waals surface area contributed by atoms with Crippen LogP contribution >= 0.6 is 0 Å². The lowest BCUT2D eigenvalue weighted by Crippen LogP contribution is -2.01. The normalized spacial score (nSPS) is 15.1. The van der Waals surface area contributed by atoms with Crippen LogP contribution in [0.4, 0.5) is 0 Å². The number of hydrogen-bond acceptors (Lipinski definition) is 0. The van der Waals surface area contributed by atoms with Gasteiger partial charge in [-0.25, -0.2) is 0 Å². The van der Waals surface area contributed by atoms with Crippen LogP contribution in [0.25, 0.3) is 0 Å². The van der Waals surface area contributed by atoms with Crippen molar-refractivity contribution in [3.05, 3.63) is 35.9 Å². The molecule has 2 atom stereocenters. The van der Waals surface area contributed by atoms with Crippen LogP contribution in [0.15, 0.2) is 30.3 Å². The Kier molecular flexibility index (Phi) is 4.72. The second kappa shape index (κ2) is 5.85.